The second-order valence-electron chi connectivity index (χ2n) is 7.08. The zero-order valence-corrected chi connectivity index (χ0v) is 13.3. The van der Waals surface area contributed by atoms with Crippen LogP contribution in [0.2, 0.25) is 0 Å². The van der Waals surface area contributed by atoms with Gasteiger partial charge in [-0.1, -0.05) is 20.3 Å². The maximum absolute atomic E-state index is 13.8. The fourth-order valence-electron chi connectivity index (χ4n) is 2.46. The van der Waals surface area contributed by atoms with Gasteiger partial charge in [0.05, 0.1) is 0 Å². The van der Waals surface area contributed by atoms with Gasteiger partial charge in [-0.15, -0.1) is 0 Å². The predicted molar refractivity (Wildman–Crippen MR) is 80.8 cm³/mol. The molecule has 0 aliphatic carbocycles. The van der Waals surface area contributed by atoms with Crippen LogP contribution in [0.15, 0.2) is 18.2 Å². The minimum atomic E-state index is -0.371. The Morgan fingerprint density at radius 1 is 1.10 bits per heavy atom. The van der Waals surface area contributed by atoms with Crippen LogP contribution in [-0.4, -0.2) is 12.1 Å². The number of nitrogens with one attached hydrogen (secondary N) is 1. The van der Waals surface area contributed by atoms with Gasteiger partial charge in [-0.25, -0.2) is 8.78 Å². The highest BCUT2D eigenvalue weighted by Crippen LogP contribution is 2.29. The molecule has 0 aliphatic rings. The van der Waals surface area contributed by atoms with Gasteiger partial charge >= 0.3 is 0 Å². The molecule has 3 heteroatoms. The Balaban J connectivity index is 2.87. The fraction of sp³-hybridized carbons (Fsp3) is 0.647. The topological polar surface area (TPSA) is 12.0 Å². The summed E-state index contributed by atoms with van der Waals surface area (Å²) >= 11 is 0. The van der Waals surface area contributed by atoms with Crippen LogP contribution in [0.3, 0.4) is 0 Å². The number of halogens is 2. The van der Waals surface area contributed by atoms with E-state index < -0.39 is 0 Å². The summed E-state index contributed by atoms with van der Waals surface area (Å²) < 4.78 is 27.1. The second kappa shape index (κ2) is 6.66. The van der Waals surface area contributed by atoms with Gasteiger partial charge in [-0.2, -0.15) is 0 Å². The van der Waals surface area contributed by atoms with Crippen LogP contribution in [0.25, 0.3) is 0 Å². The number of benzene rings is 1. The molecule has 20 heavy (non-hydrogen) atoms. The van der Waals surface area contributed by atoms with Gasteiger partial charge < -0.3 is 5.32 Å². The molecule has 1 aromatic carbocycles. The molecule has 0 radical (unpaired) electrons. The second-order valence-corrected chi connectivity index (χ2v) is 7.08. The maximum atomic E-state index is 13.8. The van der Waals surface area contributed by atoms with Gasteiger partial charge in [0.2, 0.25) is 0 Å². The van der Waals surface area contributed by atoms with Crippen LogP contribution in [0.4, 0.5) is 8.78 Å². The maximum Gasteiger partial charge on any atom is 0.126 e. The predicted octanol–water partition coefficient (Wildman–Crippen LogP) is 4.70. The molecule has 0 amide bonds. The van der Waals surface area contributed by atoms with Crippen molar-refractivity contribution in [2.24, 2.45) is 5.41 Å². The molecule has 0 bridgehead atoms. The minimum absolute atomic E-state index is 0.0233. The van der Waals surface area contributed by atoms with E-state index in [1.165, 1.54) is 18.2 Å². The van der Waals surface area contributed by atoms with Crippen molar-refractivity contribution >= 4 is 0 Å². The van der Waals surface area contributed by atoms with Crippen molar-refractivity contribution in [3.63, 3.8) is 0 Å². The van der Waals surface area contributed by atoms with Crippen LogP contribution < -0.4 is 5.32 Å². The van der Waals surface area contributed by atoms with Gasteiger partial charge in [-0.3, -0.25) is 0 Å². The molecule has 0 fully saturated rings. The third-order valence-corrected chi connectivity index (χ3v) is 3.52. The lowest BCUT2D eigenvalue weighted by Crippen LogP contribution is -2.43. The molecule has 1 nitrogen and oxygen atoms in total. The lowest BCUT2D eigenvalue weighted by molar-refractivity contribution is 0.241. The minimum Gasteiger partial charge on any atom is -0.312 e. The zero-order valence-electron chi connectivity index (χ0n) is 13.3. The van der Waals surface area contributed by atoms with Gasteiger partial charge in [0, 0.05) is 12.1 Å². The molecule has 1 atom stereocenters. The van der Waals surface area contributed by atoms with Crippen LogP contribution in [-0.2, 0) is 6.42 Å². The zero-order chi connectivity index (χ0) is 15.4. The molecular weight excluding hydrogens is 256 g/mol. The summed E-state index contributed by atoms with van der Waals surface area (Å²) in [4.78, 5) is 0. The first kappa shape index (κ1) is 17.1. The van der Waals surface area contributed by atoms with E-state index in [1.807, 2.05) is 0 Å². The summed E-state index contributed by atoms with van der Waals surface area (Å²) in [6.07, 6.45) is 2.55. The number of hydrogen-bond acceptors (Lipinski definition) is 1. The lowest BCUT2D eigenvalue weighted by Gasteiger charge is -2.34. The summed E-state index contributed by atoms with van der Waals surface area (Å²) in [6.45, 7) is 11.4. The van der Waals surface area contributed by atoms with E-state index in [2.05, 4.69) is 39.9 Å². The molecule has 0 spiro atoms. The van der Waals surface area contributed by atoms with Crippen molar-refractivity contribution in [2.75, 3.05) is 6.54 Å². The average Bonchev–Trinajstić information content (AvgIpc) is 2.31. The Morgan fingerprint density at radius 3 is 2.30 bits per heavy atom. The Hall–Kier alpha value is -0.960. The SMILES string of the molecule is CCCC(C)(CNC(C)(C)C)Cc1cc(F)ccc1F. The van der Waals surface area contributed by atoms with Crippen molar-refractivity contribution < 1.29 is 8.78 Å². The highest BCUT2D eigenvalue weighted by molar-refractivity contribution is 5.20. The van der Waals surface area contributed by atoms with Crippen molar-refractivity contribution in [3.05, 3.63) is 35.4 Å². The molecule has 0 aromatic heterocycles. The highest BCUT2D eigenvalue weighted by Gasteiger charge is 2.27. The monoisotopic (exact) mass is 283 g/mol. The van der Waals surface area contributed by atoms with Crippen molar-refractivity contribution in [1.82, 2.24) is 5.32 Å². The van der Waals surface area contributed by atoms with Gasteiger partial charge in [-0.05, 0) is 62.8 Å². The fourth-order valence-corrected chi connectivity index (χ4v) is 2.46. The van der Waals surface area contributed by atoms with Crippen molar-refractivity contribution in [3.8, 4) is 0 Å². The van der Waals surface area contributed by atoms with Gasteiger partial charge in [0.1, 0.15) is 11.6 Å². The van der Waals surface area contributed by atoms with E-state index in [-0.39, 0.29) is 22.6 Å². The molecule has 0 aliphatic heterocycles. The van der Waals surface area contributed by atoms with Gasteiger partial charge in [0.15, 0.2) is 0 Å². The number of hydrogen-bond donors (Lipinski definition) is 1. The molecule has 0 saturated carbocycles. The van der Waals surface area contributed by atoms with Crippen LogP contribution in [0.1, 0.15) is 53.0 Å². The van der Waals surface area contributed by atoms with E-state index >= 15 is 0 Å². The summed E-state index contributed by atoms with van der Waals surface area (Å²) in [6, 6.07) is 3.71. The summed E-state index contributed by atoms with van der Waals surface area (Å²) in [5.74, 6) is -0.687. The molecule has 0 saturated heterocycles. The van der Waals surface area contributed by atoms with Crippen LogP contribution in [0.5, 0.6) is 0 Å². The van der Waals surface area contributed by atoms with E-state index in [0.717, 1.165) is 19.4 Å². The van der Waals surface area contributed by atoms with Gasteiger partial charge in [0.25, 0.3) is 0 Å². The van der Waals surface area contributed by atoms with Crippen LogP contribution >= 0.6 is 0 Å². The smallest absolute Gasteiger partial charge is 0.126 e. The molecule has 1 unspecified atom stereocenters. The Kier molecular flexibility index (Phi) is 5.69. The molecular formula is C17H27F2N. The summed E-state index contributed by atoms with van der Waals surface area (Å²) in [7, 11) is 0. The van der Waals surface area contributed by atoms with Crippen molar-refractivity contribution in [2.45, 2.75) is 59.4 Å². The first-order chi connectivity index (χ1) is 9.15. The lowest BCUT2D eigenvalue weighted by atomic mass is 9.79. The quantitative estimate of drug-likeness (QED) is 0.798. The van der Waals surface area contributed by atoms with E-state index in [9.17, 15) is 8.78 Å². The first-order valence-corrected chi connectivity index (χ1v) is 7.34. The molecule has 1 rings (SSSR count). The molecule has 114 valence electrons. The third kappa shape index (κ3) is 5.58. The molecule has 0 heterocycles. The van der Waals surface area contributed by atoms with E-state index in [0.29, 0.717) is 12.0 Å². The molecule has 1 N–H and O–H groups in total. The van der Waals surface area contributed by atoms with E-state index in [1.54, 1.807) is 0 Å². The average molecular weight is 283 g/mol. The van der Waals surface area contributed by atoms with Crippen LogP contribution in [0, 0.1) is 17.0 Å². The Morgan fingerprint density at radius 2 is 1.75 bits per heavy atom. The standard InChI is InChI=1S/C17H27F2N/c1-6-9-17(5,12-20-16(2,3)4)11-13-10-14(18)7-8-15(13)19/h7-8,10,20H,6,9,11-12H2,1-5H3. The normalized spacial score (nSPS) is 15.2. The number of rotatable bonds is 6. The largest absolute Gasteiger partial charge is 0.312 e. The van der Waals surface area contributed by atoms with E-state index in [4.69, 9.17) is 0 Å². The third-order valence-electron chi connectivity index (χ3n) is 3.52. The Labute approximate surface area is 121 Å². The first-order valence-electron chi connectivity index (χ1n) is 7.34. The molecule has 1 aromatic rings. The summed E-state index contributed by atoms with van der Waals surface area (Å²) in [5, 5.41) is 3.49. The Bertz CT molecular complexity index is 437. The summed E-state index contributed by atoms with van der Waals surface area (Å²) in [5.41, 5.74) is 0.420. The van der Waals surface area contributed by atoms with Crippen molar-refractivity contribution in [1.29, 1.82) is 0 Å². The highest BCUT2D eigenvalue weighted by atomic mass is 19.1.